The number of hydrogen-bond donors (Lipinski definition) is 3. The van der Waals surface area contributed by atoms with Gasteiger partial charge in [-0.1, -0.05) is 0 Å². The minimum Gasteiger partial charge on any atom is -0.406 e. The minimum atomic E-state index is -4.74. The van der Waals surface area contributed by atoms with Gasteiger partial charge >= 0.3 is 6.36 Å². The van der Waals surface area contributed by atoms with Crippen LogP contribution < -0.4 is 21.1 Å². The van der Waals surface area contributed by atoms with Crippen molar-refractivity contribution in [2.24, 2.45) is 16.1 Å². The average molecular weight is 346 g/mol. The third-order valence-corrected chi connectivity index (χ3v) is 2.96. The molecule has 0 radical (unpaired) electrons. The zero-order chi connectivity index (χ0) is 18.4. The van der Waals surface area contributed by atoms with E-state index in [0.29, 0.717) is 12.2 Å². The summed E-state index contributed by atoms with van der Waals surface area (Å²) >= 11 is 0. The lowest BCUT2D eigenvalue weighted by atomic mass is 9.92. The fourth-order valence-electron chi connectivity index (χ4n) is 1.68. The molecule has 0 aromatic heterocycles. The molecule has 1 amide bonds. The second kappa shape index (κ2) is 7.89. The average Bonchev–Trinajstić information content (AvgIpc) is 2.46. The Morgan fingerprint density at radius 1 is 1.25 bits per heavy atom. The van der Waals surface area contributed by atoms with Gasteiger partial charge < -0.3 is 21.1 Å². The molecule has 0 atom stereocenters. The SMILES string of the molecule is CCNC(=O)C(C)(C)CN=C(N)Nc1ccc(OC(F)(F)F)cc1. The molecule has 1 aromatic carbocycles. The van der Waals surface area contributed by atoms with Gasteiger partial charge in [-0.15, -0.1) is 13.2 Å². The number of halogens is 3. The molecule has 0 bridgehead atoms. The molecule has 1 rings (SSSR count). The first-order valence-electron chi connectivity index (χ1n) is 7.24. The van der Waals surface area contributed by atoms with Crippen LogP contribution >= 0.6 is 0 Å². The largest absolute Gasteiger partial charge is 0.573 e. The number of carbonyl (C=O) groups is 1. The van der Waals surface area contributed by atoms with E-state index in [1.807, 2.05) is 6.92 Å². The van der Waals surface area contributed by atoms with Crippen molar-refractivity contribution < 1.29 is 22.7 Å². The van der Waals surface area contributed by atoms with Crippen LogP contribution in [0, 0.1) is 5.41 Å². The highest BCUT2D eigenvalue weighted by atomic mass is 19.4. The van der Waals surface area contributed by atoms with Crippen molar-refractivity contribution in [2.75, 3.05) is 18.4 Å². The summed E-state index contributed by atoms with van der Waals surface area (Å²) in [5.41, 5.74) is 5.44. The molecule has 6 nitrogen and oxygen atoms in total. The summed E-state index contributed by atoms with van der Waals surface area (Å²) in [5.74, 6) is -0.423. The molecular weight excluding hydrogens is 325 g/mol. The summed E-state index contributed by atoms with van der Waals surface area (Å²) in [7, 11) is 0. The Kier molecular flexibility index (Phi) is 6.44. The van der Waals surface area contributed by atoms with Crippen LogP contribution in [0.5, 0.6) is 5.75 Å². The highest BCUT2D eigenvalue weighted by Gasteiger charge is 2.31. The van der Waals surface area contributed by atoms with Gasteiger partial charge in [0.25, 0.3) is 0 Å². The molecule has 0 saturated heterocycles. The van der Waals surface area contributed by atoms with Crippen LogP contribution in [0.3, 0.4) is 0 Å². The van der Waals surface area contributed by atoms with E-state index >= 15 is 0 Å². The maximum Gasteiger partial charge on any atom is 0.573 e. The molecule has 0 fully saturated rings. The first-order chi connectivity index (χ1) is 11.0. The van der Waals surface area contributed by atoms with Crippen molar-refractivity contribution in [1.82, 2.24) is 5.32 Å². The zero-order valence-electron chi connectivity index (χ0n) is 13.7. The number of alkyl halides is 3. The van der Waals surface area contributed by atoms with Gasteiger partial charge in [0, 0.05) is 12.2 Å². The topological polar surface area (TPSA) is 88.7 Å². The lowest BCUT2D eigenvalue weighted by Crippen LogP contribution is -2.39. The Labute approximate surface area is 138 Å². The summed E-state index contributed by atoms with van der Waals surface area (Å²) < 4.78 is 40.0. The molecule has 0 heterocycles. The molecule has 1 aromatic rings. The van der Waals surface area contributed by atoms with Gasteiger partial charge in [0.05, 0.1) is 12.0 Å². The third-order valence-electron chi connectivity index (χ3n) is 2.96. The van der Waals surface area contributed by atoms with Crippen LogP contribution in [0.1, 0.15) is 20.8 Å². The van der Waals surface area contributed by atoms with E-state index in [0.717, 1.165) is 12.1 Å². The fraction of sp³-hybridized carbons (Fsp3) is 0.467. The number of carbonyl (C=O) groups excluding carboxylic acids is 1. The number of ether oxygens (including phenoxy) is 1. The van der Waals surface area contributed by atoms with E-state index in [1.165, 1.54) is 12.1 Å². The van der Waals surface area contributed by atoms with Crippen molar-refractivity contribution in [3.8, 4) is 5.75 Å². The van der Waals surface area contributed by atoms with E-state index in [4.69, 9.17) is 5.73 Å². The maximum absolute atomic E-state index is 12.1. The number of rotatable bonds is 6. The molecule has 0 aliphatic heterocycles. The number of nitrogens with zero attached hydrogens (tertiary/aromatic N) is 1. The molecule has 0 aliphatic carbocycles. The molecular formula is C15H21F3N4O2. The highest BCUT2D eigenvalue weighted by molar-refractivity contribution is 5.92. The normalized spacial score (nSPS) is 12.7. The highest BCUT2D eigenvalue weighted by Crippen LogP contribution is 2.24. The molecule has 0 saturated carbocycles. The Morgan fingerprint density at radius 3 is 2.33 bits per heavy atom. The van der Waals surface area contributed by atoms with Gasteiger partial charge in [0.15, 0.2) is 5.96 Å². The number of anilines is 1. The summed E-state index contributed by atoms with van der Waals surface area (Å²) in [6, 6.07) is 5.06. The van der Waals surface area contributed by atoms with Crippen LogP contribution in [0.2, 0.25) is 0 Å². The Hall–Kier alpha value is -2.45. The van der Waals surface area contributed by atoms with E-state index in [1.54, 1.807) is 13.8 Å². The van der Waals surface area contributed by atoms with Crippen LogP contribution in [0.25, 0.3) is 0 Å². The van der Waals surface area contributed by atoms with Crippen LogP contribution in [0.4, 0.5) is 18.9 Å². The van der Waals surface area contributed by atoms with Gasteiger partial charge in [-0.3, -0.25) is 9.79 Å². The molecule has 9 heteroatoms. The summed E-state index contributed by atoms with van der Waals surface area (Å²) in [6.45, 7) is 5.97. The summed E-state index contributed by atoms with van der Waals surface area (Å²) in [6.07, 6.45) is -4.74. The predicted molar refractivity (Wildman–Crippen MR) is 85.7 cm³/mol. The van der Waals surface area contributed by atoms with Crippen molar-refractivity contribution in [3.05, 3.63) is 24.3 Å². The van der Waals surface area contributed by atoms with Crippen LogP contribution in [-0.4, -0.2) is 31.3 Å². The van der Waals surface area contributed by atoms with Crippen molar-refractivity contribution >= 4 is 17.6 Å². The number of aliphatic imine (C=N–C) groups is 1. The van der Waals surface area contributed by atoms with Crippen molar-refractivity contribution in [2.45, 2.75) is 27.1 Å². The fourth-order valence-corrected chi connectivity index (χ4v) is 1.68. The lowest BCUT2D eigenvalue weighted by molar-refractivity contribution is -0.274. The van der Waals surface area contributed by atoms with E-state index in [2.05, 4.69) is 20.4 Å². The Morgan fingerprint density at radius 2 is 1.83 bits per heavy atom. The standard InChI is InChI=1S/C15H21F3N4O2/c1-4-20-12(23)14(2,3)9-21-13(19)22-10-5-7-11(8-6-10)24-15(16,17)18/h5-8H,4,9H2,1-3H3,(H,20,23)(H3,19,21,22). The zero-order valence-corrected chi connectivity index (χ0v) is 13.7. The van der Waals surface area contributed by atoms with Crippen molar-refractivity contribution in [3.63, 3.8) is 0 Å². The Bertz CT molecular complexity index is 583. The third kappa shape index (κ3) is 6.76. The molecule has 134 valence electrons. The number of amides is 1. The summed E-state index contributed by atoms with van der Waals surface area (Å²) in [5, 5.41) is 5.44. The second-order valence-electron chi connectivity index (χ2n) is 5.64. The van der Waals surface area contributed by atoms with E-state index in [9.17, 15) is 18.0 Å². The van der Waals surface area contributed by atoms with Crippen molar-refractivity contribution in [1.29, 1.82) is 0 Å². The number of benzene rings is 1. The molecule has 0 spiro atoms. The molecule has 0 unspecified atom stereocenters. The Balaban J connectivity index is 2.64. The van der Waals surface area contributed by atoms with Crippen LogP contribution in [0.15, 0.2) is 29.3 Å². The second-order valence-corrected chi connectivity index (χ2v) is 5.64. The minimum absolute atomic E-state index is 0.0527. The molecule has 24 heavy (non-hydrogen) atoms. The van der Waals surface area contributed by atoms with Gasteiger partial charge in [-0.2, -0.15) is 0 Å². The number of nitrogens with one attached hydrogen (secondary N) is 2. The molecule has 0 aliphatic rings. The number of hydrogen-bond acceptors (Lipinski definition) is 3. The van der Waals surface area contributed by atoms with Gasteiger partial charge in [-0.25, -0.2) is 0 Å². The predicted octanol–water partition coefficient (Wildman–Crippen LogP) is 2.47. The van der Waals surface area contributed by atoms with Gasteiger partial charge in [0.1, 0.15) is 5.75 Å². The van der Waals surface area contributed by atoms with E-state index < -0.39 is 11.8 Å². The molecule has 4 N–H and O–H groups in total. The summed E-state index contributed by atoms with van der Waals surface area (Å²) in [4.78, 5) is 15.9. The first-order valence-corrected chi connectivity index (χ1v) is 7.24. The maximum atomic E-state index is 12.1. The quantitative estimate of drug-likeness (QED) is 0.545. The monoisotopic (exact) mass is 346 g/mol. The smallest absolute Gasteiger partial charge is 0.406 e. The lowest BCUT2D eigenvalue weighted by Gasteiger charge is -2.21. The van der Waals surface area contributed by atoms with Crippen LogP contribution in [-0.2, 0) is 4.79 Å². The first kappa shape index (κ1) is 19.6. The number of nitrogens with two attached hydrogens (primary N) is 1. The van der Waals surface area contributed by atoms with E-state index in [-0.39, 0.29) is 24.2 Å². The van der Waals surface area contributed by atoms with Gasteiger partial charge in [-0.05, 0) is 45.0 Å². The number of guanidine groups is 1. The van der Waals surface area contributed by atoms with Gasteiger partial charge in [0.2, 0.25) is 5.91 Å².